The Morgan fingerprint density at radius 1 is 1.44 bits per heavy atom. The van der Waals surface area contributed by atoms with Gasteiger partial charge in [-0.3, -0.25) is 0 Å². The number of likely N-dealkylation sites (N-methyl/N-ethyl adjacent to an activating group) is 1. The van der Waals surface area contributed by atoms with E-state index >= 15 is 0 Å². The number of hydrogen-bond donors (Lipinski definition) is 1. The molecule has 154 valence electrons. The van der Waals surface area contributed by atoms with Gasteiger partial charge in [0.05, 0.1) is 19.4 Å². The number of aliphatic hydroxyl groups is 1. The van der Waals surface area contributed by atoms with Gasteiger partial charge in [-0.15, -0.1) is 0 Å². The maximum absolute atomic E-state index is 13.1. The highest BCUT2D eigenvalue weighted by atomic mass is 79.9. The number of sulfonamides is 2. The van der Waals surface area contributed by atoms with Crippen LogP contribution in [0.25, 0.3) is 0 Å². The van der Waals surface area contributed by atoms with E-state index < -0.39 is 32.2 Å². The van der Waals surface area contributed by atoms with Crippen molar-refractivity contribution in [1.29, 1.82) is 0 Å². The lowest BCUT2D eigenvalue weighted by atomic mass is 10.0. The second-order valence-corrected chi connectivity index (χ2v) is 11.7. The molecule has 0 fully saturated rings. The number of aliphatic hydroxyl groups excluding tert-OH is 1. The van der Waals surface area contributed by atoms with Crippen molar-refractivity contribution in [2.45, 2.75) is 30.9 Å². The second kappa shape index (κ2) is 8.34. The van der Waals surface area contributed by atoms with E-state index in [2.05, 4.69) is 15.9 Å². The molecule has 1 heterocycles. The molecule has 3 atom stereocenters. The molecule has 0 radical (unpaired) electrons. The minimum Gasteiger partial charge on any atom is -0.487 e. The second-order valence-electron chi connectivity index (χ2n) is 6.87. The van der Waals surface area contributed by atoms with Crippen LogP contribution in [0.4, 0.5) is 0 Å². The molecule has 1 aromatic carbocycles. The zero-order valence-electron chi connectivity index (χ0n) is 15.7. The van der Waals surface area contributed by atoms with Gasteiger partial charge in [0.2, 0.25) is 20.0 Å². The van der Waals surface area contributed by atoms with Gasteiger partial charge in [-0.1, -0.05) is 22.9 Å². The van der Waals surface area contributed by atoms with Gasteiger partial charge in [0.1, 0.15) is 16.7 Å². The van der Waals surface area contributed by atoms with Crippen molar-refractivity contribution in [3.05, 3.63) is 22.7 Å². The molecule has 0 aromatic heterocycles. The van der Waals surface area contributed by atoms with Crippen molar-refractivity contribution >= 4 is 36.0 Å². The van der Waals surface area contributed by atoms with Crippen LogP contribution in [-0.4, -0.2) is 75.7 Å². The summed E-state index contributed by atoms with van der Waals surface area (Å²) in [5, 5.41) is 9.55. The molecule has 0 spiro atoms. The Labute approximate surface area is 169 Å². The van der Waals surface area contributed by atoms with Crippen LogP contribution in [0.3, 0.4) is 0 Å². The largest absolute Gasteiger partial charge is 0.487 e. The summed E-state index contributed by atoms with van der Waals surface area (Å²) in [7, 11) is -5.85. The van der Waals surface area contributed by atoms with E-state index in [4.69, 9.17) is 4.74 Å². The van der Waals surface area contributed by atoms with E-state index in [0.29, 0.717) is 4.47 Å². The first-order chi connectivity index (χ1) is 12.4. The molecule has 1 aliphatic heterocycles. The number of nitrogens with zero attached hydrogens (tertiary/aromatic N) is 2. The third kappa shape index (κ3) is 5.01. The van der Waals surface area contributed by atoms with E-state index in [1.165, 1.54) is 21.7 Å². The normalized spacial score (nSPS) is 24.6. The molecule has 0 aliphatic carbocycles. The van der Waals surface area contributed by atoms with Crippen molar-refractivity contribution in [2.24, 2.45) is 5.92 Å². The Hall–Kier alpha value is -0.720. The highest BCUT2D eigenvalue weighted by Gasteiger charge is 2.38. The third-order valence-corrected chi connectivity index (χ3v) is 8.43. The Morgan fingerprint density at radius 3 is 2.63 bits per heavy atom. The lowest BCUT2D eigenvalue weighted by Crippen LogP contribution is -2.50. The third-order valence-electron chi connectivity index (χ3n) is 4.63. The Morgan fingerprint density at radius 2 is 2.07 bits per heavy atom. The van der Waals surface area contributed by atoms with Crippen LogP contribution in [0.5, 0.6) is 5.75 Å². The van der Waals surface area contributed by atoms with Gasteiger partial charge in [-0.05, 0) is 25.1 Å². The fraction of sp³-hybridized carbons (Fsp3) is 0.625. The quantitative estimate of drug-likeness (QED) is 0.670. The molecule has 0 saturated carbocycles. The average Bonchev–Trinajstić information content (AvgIpc) is 2.56. The minimum atomic E-state index is -3.89. The average molecular weight is 485 g/mol. The molecular formula is C16H25BrN2O6S2. The maximum Gasteiger partial charge on any atom is 0.247 e. The number of benzene rings is 1. The molecule has 0 saturated heterocycles. The Balaban J connectivity index is 2.56. The first kappa shape index (κ1) is 22.6. The van der Waals surface area contributed by atoms with E-state index in [1.807, 2.05) is 0 Å². The fourth-order valence-electron chi connectivity index (χ4n) is 2.81. The summed E-state index contributed by atoms with van der Waals surface area (Å²) in [4.78, 5) is -0.00934. The number of fused-ring (bicyclic) bond motifs is 1. The van der Waals surface area contributed by atoms with Crippen LogP contribution in [0.1, 0.15) is 13.8 Å². The predicted octanol–water partition coefficient (Wildman–Crippen LogP) is 1.11. The van der Waals surface area contributed by atoms with E-state index in [9.17, 15) is 21.9 Å². The number of halogens is 1. The summed E-state index contributed by atoms with van der Waals surface area (Å²) in [6, 6.07) is 3.98. The van der Waals surface area contributed by atoms with Gasteiger partial charge < -0.3 is 9.84 Å². The zero-order chi connectivity index (χ0) is 20.6. The first-order valence-corrected chi connectivity index (χ1v) is 12.5. The van der Waals surface area contributed by atoms with Gasteiger partial charge in [-0.2, -0.15) is 4.31 Å². The number of rotatable bonds is 5. The SMILES string of the molecule is C[C@@H]1CN([C@@H](C)CO)S(=O)(=O)c2ccc(Br)cc2O[C@@H]1CN(C)S(C)(=O)=O. The molecule has 0 amide bonds. The molecule has 2 rings (SSSR count). The summed E-state index contributed by atoms with van der Waals surface area (Å²) in [6.07, 6.45) is 0.539. The van der Waals surface area contributed by atoms with Crippen LogP contribution < -0.4 is 4.74 Å². The molecule has 1 N–H and O–H groups in total. The minimum absolute atomic E-state index is 0.00934. The molecule has 1 aromatic rings. The van der Waals surface area contributed by atoms with Gasteiger partial charge in [0.15, 0.2) is 0 Å². The number of ether oxygens (including phenoxy) is 1. The standard InChI is InChI=1S/C16H25BrN2O6S2/c1-11-8-19(12(2)10-20)27(23,24)16-6-5-13(17)7-14(16)25-15(11)9-18(3)26(4,21)22/h5-7,11-12,15,20H,8-10H2,1-4H3/t11-,12+,15-/m1/s1. The van der Waals surface area contributed by atoms with E-state index in [-0.39, 0.29) is 36.3 Å². The Kier molecular flexibility index (Phi) is 6.97. The molecule has 1 aliphatic rings. The van der Waals surface area contributed by atoms with Crippen LogP contribution in [0, 0.1) is 5.92 Å². The summed E-state index contributed by atoms with van der Waals surface area (Å²) in [5.41, 5.74) is 0. The predicted molar refractivity (Wildman–Crippen MR) is 106 cm³/mol. The maximum atomic E-state index is 13.1. The van der Waals surface area contributed by atoms with E-state index in [1.54, 1.807) is 26.0 Å². The van der Waals surface area contributed by atoms with Gasteiger partial charge >= 0.3 is 0 Å². The molecule has 11 heteroatoms. The van der Waals surface area contributed by atoms with Gasteiger partial charge in [-0.25, -0.2) is 21.1 Å². The lowest BCUT2D eigenvalue weighted by molar-refractivity contribution is 0.0905. The monoisotopic (exact) mass is 484 g/mol. The molecule has 0 unspecified atom stereocenters. The lowest BCUT2D eigenvalue weighted by Gasteiger charge is -2.37. The van der Waals surface area contributed by atoms with Crippen molar-refractivity contribution in [2.75, 3.05) is 33.0 Å². The molecule has 8 nitrogen and oxygen atoms in total. The first-order valence-electron chi connectivity index (χ1n) is 8.38. The van der Waals surface area contributed by atoms with Gasteiger partial charge in [0.25, 0.3) is 0 Å². The highest BCUT2D eigenvalue weighted by molar-refractivity contribution is 9.10. The molecule has 27 heavy (non-hydrogen) atoms. The summed E-state index contributed by atoms with van der Waals surface area (Å²) in [5.74, 6) is -0.164. The van der Waals surface area contributed by atoms with Crippen molar-refractivity contribution in [1.82, 2.24) is 8.61 Å². The van der Waals surface area contributed by atoms with E-state index in [0.717, 1.165) is 6.26 Å². The summed E-state index contributed by atoms with van der Waals surface area (Å²) >= 11 is 3.31. The van der Waals surface area contributed by atoms with Crippen LogP contribution in [0.2, 0.25) is 0 Å². The van der Waals surface area contributed by atoms with Crippen molar-refractivity contribution in [3.8, 4) is 5.75 Å². The summed E-state index contributed by atoms with van der Waals surface area (Å²) in [6.45, 7) is 3.28. The Bertz CT molecular complexity index is 890. The summed E-state index contributed by atoms with van der Waals surface area (Å²) < 4.78 is 59.0. The van der Waals surface area contributed by atoms with Crippen LogP contribution >= 0.6 is 15.9 Å². The molecule has 0 bridgehead atoms. The van der Waals surface area contributed by atoms with Crippen LogP contribution in [0.15, 0.2) is 27.6 Å². The smallest absolute Gasteiger partial charge is 0.247 e. The molecular weight excluding hydrogens is 460 g/mol. The number of hydrogen-bond acceptors (Lipinski definition) is 6. The zero-order valence-corrected chi connectivity index (χ0v) is 18.9. The highest BCUT2D eigenvalue weighted by Crippen LogP contribution is 2.35. The van der Waals surface area contributed by atoms with Gasteiger partial charge in [0, 0.05) is 30.0 Å². The van der Waals surface area contributed by atoms with Crippen molar-refractivity contribution < 1.29 is 26.7 Å². The van der Waals surface area contributed by atoms with Crippen LogP contribution in [-0.2, 0) is 20.0 Å². The fourth-order valence-corrected chi connectivity index (χ4v) is 5.39. The topological polar surface area (TPSA) is 104 Å². The van der Waals surface area contributed by atoms with Crippen molar-refractivity contribution in [3.63, 3.8) is 0 Å².